The predicted molar refractivity (Wildman–Crippen MR) is 127 cm³/mol. The summed E-state index contributed by atoms with van der Waals surface area (Å²) < 4.78 is 6.07. The zero-order valence-corrected chi connectivity index (χ0v) is 19.1. The second kappa shape index (κ2) is 10.1. The van der Waals surface area contributed by atoms with Crippen molar-refractivity contribution in [2.24, 2.45) is 0 Å². The summed E-state index contributed by atoms with van der Waals surface area (Å²) in [5, 5.41) is 20.1. The largest absolute Gasteiger partial charge is 0.489 e. The number of aliphatic hydroxyl groups excluding tert-OH is 1. The Morgan fingerprint density at radius 2 is 1.48 bits per heavy atom. The van der Waals surface area contributed by atoms with Crippen LogP contribution in [0.4, 0.5) is 0 Å². The minimum absolute atomic E-state index is 0.0505. The van der Waals surface area contributed by atoms with Crippen LogP contribution in [0.25, 0.3) is 11.1 Å². The molecule has 0 aromatic heterocycles. The third-order valence-electron chi connectivity index (χ3n) is 6.30. The highest BCUT2D eigenvalue weighted by Gasteiger charge is 2.25. The molecule has 0 amide bonds. The van der Waals surface area contributed by atoms with Gasteiger partial charge in [0.15, 0.2) is 0 Å². The lowest BCUT2D eigenvalue weighted by molar-refractivity contribution is 0.0283. The fourth-order valence-corrected chi connectivity index (χ4v) is 3.99. The van der Waals surface area contributed by atoms with Crippen LogP contribution in [0.2, 0.25) is 0 Å². The standard InChI is InChI=1S/C28H34O3/c1-5-23-16-24(28(30,6-2)7-3)13-15-26(23)27-17-25(14-8-20(27)4)31-19-22-11-9-21(18-29)10-12-22/h8-17,29-30H,5-7,18-19H2,1-4H3. The summed E-state index contributed by atoms with van der Waals surface area (Å²) in [6.45, 7) is 8.87. The Kier molecular flexibility index (Phi) is 7.53. The molecule has 3 aromatic rings. The summed E-state index contributed by atoms with van der Waals surface area (Å²) in [6.07, 6.45) is 2.30. The number of aliphatic hydroxyl groups is 2. The molecule has 164 valence electrons. The van der Waals surface area contributed by atoms with Gasteiger partial charge in [0.25, 0.3) is 0 Å². The minimum atomic E-state index is -0.770. The van der Waals surface area contributed by atoms with Gasteiger partial charge in [-0.1, -0.05) is 69.3 Å². The zero-order chi connectivity index (χ0) is 22.4. The maximum Gasteiger partial charge on any atom is 0.120 e. The number of benzene rings is 3. The van der Waals surface area contributed by atoms with E-state index in [4.69, 9.17) is 4.74 Å². The van der Waals surface area contributed by atoms with Crippen LogP contribution in [-0.2, 0) is 25.2 Å². The zero-order valence-electron chi connectivity index (χ0n) is 19.1. The Morgan fingerprint density at radius 3 is 2.10 bits per heavy atom. The van der Waals surface area contributed by atoms with Gasteiger partial charge in [-0.25, -0.2) is 0 Å². The van der Waals surface area contributed by atoms with Gasteiger partial charge in [-0.3, -0.25) is 0 Å². The molecule has 0 aliphatic heterocycles. The molecule has 3 nitrogen and oxygen atoms in total. The molecule has 3 aromatic carbocycles. The Bertz CT molecular complexity index is 1000. The molecule has 31 heavy (non-hydrogen) atoms. The number of ether oxygens (including phenoxy) is 1. The average molecular weight is 419 g/mol. The predicted octanol–water partition coefficient (Wildman–Crippen LogP) is 6.30. The Morgan fingerprint density at radius 1 is 0.806 bits per heavy atom. The first-order valence-corrected chi connectivity index (χ1v) is 11.2. The first kappa shape index (κ1) is 23.1. The van der Waals surface area contributed by atoms with E-state index in [1.807, 2.05) is 44.2 Å². The Hall–Kier alpha value is -2.62. The van der Waals surface area contributed by atoms with Crippen LogP contribution in [0.1, 0.15) is 61.4 Å². The van der Waals surface area contributed by atoms with Crippen LogP contribution in [0, 0.1) is 6.92 Å². The minimum Gasteiger partial charge on any atom is -0.489 e. The maximum atomic E-state index is 11.0. The summed E-state index contributed by atoms with van der Waals surface area (Å²) in [4.78, 5) is 0. The molecule has 0 spiro atoms. The van der Waals surface area contributed by atoms with Crippen molar-refractivity contribution in [1.29, 1.82) is 0 Å². The summed E-state index contributed by atoms with van der Waals surface area (Å²) in [5.74, 6) is 0.830. The van der Waals surface area contributed by atoms with Crippen molar-refractivity contribution in [1.82, 2.24) is 0 Å². The van der Waals surface area contributed by atoms with Gasteiger partial charge in [0.2, 0.25) is 0 Å². The van der Waals surface area contributed by atoms with Crippen molar-refractivity contribution in [3.8, 4) is 16.9 Å². The average Bonchev–Trinajstić information content (AvgIpc) is 2.83. The monoisotopic (exact) mass is 418 g/mol. The first-order chi connectivity index (χ1) is 14.9. The third-order valence-corrected chi connectivity index (χ3v) is 6.30. The molecule has 0 aliphatic rings. The molecule has 0 bridgehead atoms. The van der Waals surface area contributed by atoms with Crippen molar-refractivity contribution >= 4 is 0 Å². The lowest BCUT2D eigenvalue weighted by Gasteiger charge is -2.27. The van der Waals surface area contributed by atoms with Crippen molar-refractivity contribution in [2.45, 2.75) is 65.8 Å². The molecular weight excluding hydrogens is 384 g/mol. The van der Waals surface area contributed by atoms with Crippen LogP contribution >= 0.6 is 0 Å². The van der Waals surface area contributed by atoms with E-state index < -0.39 is 5.60 Å². The molecule has 3 rings (SSSR count). The van der Waals surface area contributed by atoms with Crippen LogP contribution in [-0.4, -0.2) is 10.2 Å². The fourth-order valence-electron chi connectivity index (χ4n) is 3.99. The van der Waals surface area contributed by atoms with Crippen LogP contribution in [0.3, 0.4) is 0 Å². The van der Waals surface area contributed by atoms with Crippen molar-refractivity contribution in [3.05, 3.63) is 88.5 Å². The highest BCUT2D eigenvalue weighted by molar-refractivity contribution is 5.72. The Balaban J connectivity index is 1.88. The normalized spacial score (nSPS) is 11.5. The molecule has 2 N–H and O–H groups in total. The second-order valence-electron chi connectivity index (χ2n) is 8.20. The van der Waals surface area contributed by atoms with E-state index >= 15 is 0 Å². The summed E-state index contributed by atoms with van der Waals surface area (Å²) in [6, 6.07) is 20.4. The van der Waals surface area contributed by atoms with E-state index in [-0.39, 0.29) is 6.61 Å². The number of hydrogen-bond acceptors (Lipinski definition) is 3. The van der Waals surface area contributed by atoms with Crippen molar-refractivity contribution in [2.75, 3.05) is 0 Å². The van der Waals surface area contributed by atoms with E-state index in [0.717, 1.165) is 34.4 Å². The highest BCUT2D eigenvalue weighted by Crippen LogP contribution is 2.35. The summed E-state index contributed by atoms with van der Waals surface area (Å²) in [5.41, 5.74) is 6.97. The molecule has 0 unspecified atom stereocenters. The van der Waals surface area contributed by atoms with Gasteiger partial charge in [0.1, 0.15) is 12.4 Å². The molecule has 0 saturated heterocycles. The number of hydrogen-bond donors (Lipinski definition) is 2. The molecule has 0 aliphatic carbocycles. The molecule has 0 saturated carbocycles. The lowest BCUT2D eigenvalue weighted by atomic mass is 9.84. The van der Waals surface area contributed by atoms with Gasteiger partial charge >= 0.3 is 0 Å². The maximum absolute atomic E-state index is 11.0. The summed E-state index contributed by atoms with van der Waals surface area (Å²) >= 11 is 0. The van der Waals surface area contributed by atoms with Crippen molar-refractivity contribution < 1.29 is 14.9 Å². The third kappa shape index (κ3) is 5.17. The molecule has 0 heterocycles. The van der Waals surface area contributed by atoms with Gasteiger partial charge in [-0.05, 0) is 77.3 Å². The van der Waals surface area contributed by atoms with Gasteiger partial charge in [0.05, 0.1) is 12.2 Å². The topological polar surface area (TPSA) is 49.7 Å². The first-order valence-electron chi connectivity index (χ1n) is 11.2. The quantitative estimate of drug-likeness (QED) is 0.428. The highest BCUT2D eigenvalue weighted by atomic mass is 16.5. The van der Waals surface area contributed by atoms with Gasteiger partial charge in [-0.15, -0.1) is 0 Å². The fraction of sp³-hybridized carbons (Fsp3) is 0.357. The number of rotatable bonds is 9. The molecule has 3 heteroatoms. The molecular formula is C28H34O3. The van der Waals surface area contributed by atoms with E-state index in [9.17, 15) is 10.2 Å². The van der Waals surface area contributed by atoms with Gasteiger partial charge in [0, 0.05) is 0 Å². The van der Waals surface area contributed by atoms with Gasteiger partial charge in [-0.2, -0.15) is 0 Å². The SMILES string of the molecule is CCc1cc(C(O)(CC)CC)ccc1-c1cc(OCc2ccc(CO)cc2)ccc1C. The summed E-state index contributed by atoms with van der Waals surface area (Å²) in [7, 11) is 0. The van der Waals surface area contributed by atoms with Crippen molar-refractivity contribution in [3.63, 3.8) is 0 Å². The van der Waals surface area contributed by atoms with Crippen LogP contribution in [0.5, 0.6) is 5.75 Å². The molecule has 0 radical (unpaired) electrons. The van der Waals surface area contributed by atoms with E-state index in [1.54, 1.807) is 0 Å². The van der Waals surface area contributed by atoms with Crippen LogP contribution < -0.4 is 4.74 Å². The molecule has 0 atom stereocenters. The van der Waals surface area contributed by atoms with E-state index in [1.165, 1.54) is 16.7 Å². The van der Waals surface area contributed by atoms with Gasteiger partial charge < -0.3 is 14.9 Å². The number of aryl methyl sites for hydroxylation is 2. The van der Waals surface area contributed by atoms with Crippen LogP contribution in [0.15, 0.2) is 60.7 Å². The van der Waals surface area contributed by atoms with E-state index in [2.05, 4.69) is 44.2 Å². The second-order valence-corrected chi connectivity index (χ2v) is 8.20. The molecule has 0 fully saturated rings. The smallest absolute Gasteiger partial charge is 0.120 e. The Labute approximate surface area is 186 Å². The van der Waals surface area contributed by atoms with E-state index in [0.29, 0.717) is 19.4 Å². The lowest BCUT2D eigenvalue weighted by Crippen LogP contribution is -2.23.